The predicted octanol–water partition coefficient (Wildman–Crippen LogP) is 17.9. The van der Waals surface area contributed by atoms with Crippen LogP contribution in [0, 0.1) is 5.92 Å². The molecule has 2 unspecified atom stereocenters. The van der Waals surface area contributed by atoms with Crippen molar-refractivity contribution in [3.63, 3.8) is 0 Å². The van der Waals surface area contributed by atoms with Gasteiger partial charge in [0.2, 0.25) is 5.96 Å². The van der Waals surface area contributed by atoms with Gasteiger partial charge in [-0.1, -0.05) is 159 Å². The molecule has 336 valence electrons. The fraction of sp³-hybridized carbons (Fsp3) is 0.0909. The maximum Gasteiger partial charge on any atom is 0.235 e. The average Bonchev–Trinajstić information content (AvgIpc) is 4.06. The van der Waals surface area contributed by atoms with E-state index in [1.807, 2.05) is 11.3 Å². The number of rotatable bonds is 3. The van der Waals surface area contributed by atoms with Crippen LogP contribution in [0.4, 0.5) is 0 Å². The van der Waals surface area contributed by atoms with Gasteiger partial charge in [-0.15, -0.1) is 11.3 Å². The van der Waals surface area contributed by atoms with Gasteiger partial charge < -0.3 is 4.42 Å². The van der Waals surface area contributed by atoms with Crippen molar-refractivity contribution in [2.75, 3.05) is 0 Å². The number of aliphatic imine (C=N–C) groups is 2. The molecular formula is C66H45N3OS. The van der Waals surface area contributed by atoms with Crippen molar-refractivity contribution in [1.29, 1.82) is 0 Å². The molecule has 1 aliphatic heterocycles. The highest BCUT2D eigenvalue weighted by molar-refractivity contribution is 7.25. The lowest BCUT2D eigenvalue weighted by molar-refractivity contribution is 0.668. The molecule has 0 bridgehead atoms. The first-order valence-corrected chi connectivity index (χ1v) is 25.7. The highest BCUT2D eigenvalue weighted by Gasteiger charge is 2.29. The molecule has 0 spiro atoms. The molecule has 0 N–H and O–H groups in total. The van der Waals surface area contributed by atoms with Crippen LogP contribution in [-0.2, 0) is 6.42 Å². The van der Waals surface area contributed by atoms with Crippen LogP contribution in [0.15, 0.2) is 221 Å². The minimum absolute atomic E-state index is 0.0104. The Morgan fingerprint density at radius 2 is 1.23 bits per heavy atom. The normalized spacial score (nSPS) is 18.5. The topological polar surface area (TPSA) is 42.8 Å². The lowest BCUT2D eigenvalue weighted by Gasteiger charge is -2.23. The summed E-state index contributed by atoms with van der Waals surface area (Å²) >= 11 is 1.84. The largest absolute Gasteiger partial charge is 0.455 e. The van der Waals surface area contributed by atoms with Gasteiger partial charge in [0.25, 0.3) is 0 Å². The Balaban J connectivity index is 0.994. The van der Waals surface area contributed by atoms with Gasteiger partial charge in [0.05, 0.1) is 22.4 Å². The molecule has 1 aliphatic carbocycles. The van der Waals surface area contributed by atoms with Crippen LogP contribution in [-0.4, -0.2) is 16.2 Å². The summed E-state index contributed by atoms with van der Waals surface area (Å²) < 4.78 is 12.1. The molecule has 2 aliphatic rings. The van der Waals surface area contributed by atoms with Gasteiger partial charge >= 0.3 is 0 Å². The van der Waals surface area contributed by atoms with E-state index in [1.165, 1.54) is 69.5 Å². The number of hydrogen-bond acceptors (Lipinski definition) is 4. The van der Waals surface area contributed by atoms with Crippen LogP contribution < -0.4 is 0 Å². The van der Waals surface area contributed by atoms with E-state index in [-0.39, 0.29) is 11.8 Å². The van der Waals surface area contributed by atoms with E-state index in [0.29, 0.717) is 5.96 Å². The Hall–Kier alpha value is -8.38. The van der Waals surface area contributed by atoms with Crippen LogP contribution >= 0.6 is 11.3 Å². The van der Waals surface area contributed by atoms with Crippen LogP contribution in [0.2, 0.25) is 0 Å². The van der Waals surface area contributed by atoms with E-state index in [9.17, 15) is 0 Å². The first-order chi connectivity index (χ1) is 35.1. The van der Waals surface area contributed by atoms with Gasteiger partial charge in [-0.2, -0.15) is 0 Å². The summed E-state index contributed by atoms with van der Waals surface area (Å²) in [7, 11) is 0. The van der Waals surface area contributed by atoms with Crippen molar-refractivity contribution >= 4 is 114 Å². The monoisotopic (exact) mass is 927 g/mol. The number of fused-ring (bicyclic) bond motifs is 15. The second kappa shape index (κ2) is 15.8. The minimum Gasteiger partial charge on any atom is -0.455 e. The van der Waals surface area contributed by atoms with Crippen molar-refractivity contribution in [3.05, 3.63) is 234 Å². The van der Waals surface area contributed by atoms with E-state index >= 15 is 0 Å². The summed E-state index contributed by atoms with van der Waals surface area (Å²) in [5, 5.41) is 11.9. The van der Waals surface area contributed by atoms with Crippen LogP contribution in [0.5, 0.6) is 0 Å². The standard InChI is InChI=1S/C66H45N3OS/c1-39-26-32-57(44-29-33-62-55(36-44)52-22-10-13-25-61(52)71-62)67-66(69-58-23-11-8-20-50(58)51-21-9-12-24-59(51)69)68-64(39)56-37-45(38-60-63(56)53-31-27-40-14-4-5-17-47(40)65(53)70-60)46-30-28-43-34-41-15-2-3-16-42(41)35-54(43)49-19-7-6-18-48(46)49/h2-25,27,29,31-39,46H,26,28,30H2,1H3/b57-32+,67-66+,68-64+. The van der Waals surface area contributed by atoms with Gasteiger partial charge in [-0.05, 0) is 118 Å². The fourth-order valence-electron chi connectivity index (χ4n) is 12.1. The quantitative estimate of drug-likeness (QED) is 0.174. The van der Waals surface area contributed by atoms with Crippen LogP contribution in [0.1, 0.15) is 53.5 Å². The number of benzene rings is 10. The summed E-state index contributed by atoms with van der Waals surface area (Å²) in [6, 6.07) is 73.5. The number of furan rings is 1. The minimum atomic E-state index is 0.0104. The van der Waals surface area contributed by atoms with Crippen molar-refractivity contribution in [1.82, 2.24) is 4.57 Å². The summed E-state index contributed by atoms with van der Waals surface area (Å²) in [5.74, 6) is 0.764. The molecule has 2 atom stereocenters. The first-order valence-electron chi connectivity index (χ1n) is 24.9. The van der Waals surface area contributed by atoms with Crippen LogP contribution in [0.3, 0.4) is 0 Å². The third-order valence-corrected chi connectivity index (χ3v) is 16.6. The summed E-state index contributed by atoms with van der Waals surface area (Å²) in [4.78, 5) is 11.7. The lowest BCUT2D eigenvalue weighted by Crippen LogP contribution is -2.20. The van der Waals surface area contributed by atoms with Crippen molar-refractivity contribution in [3.8, 4) is 11.1 Å². The van der Waals surface area contributed by atoms with Crippen molar-refractivity contribution < 1.29 is 4.42 Å². The zero-order valence-corrected chi connectivity index (χ0v) is 39.9. The van der Waals surface area contributed by atoms with Crippen molar-refractivity contribution in [2.45, 2.75) is 32.1 Å². The molecule has 0 saturated carbocycles. The Morgan fingerprint density at radius 3 is 2.06 bits per heavy atom. The fourth-order valence-corrected chi connectivity index (χ4v) is 13.2. The number of aryl methyl sites for hydroxylation is 1. The number of hydrogen-bond donors (Lipinski definition) is 0. The molecule has 5 heteroatoms. The molecule has 4 heterocycles. The maximum absolute atomic E-state index is 7.20. The molecule has 0 saturated heterocycles. The number of thiophene rings is 1. The Morgan fingerprint density at radius 1 is 0.535 bits per heavy atom. The van der Waals surface area contributed by atoms with Gasteiger partial charge in [-0.3, -0.25) is 4.57 Å². The van der Waals surface area contributed by atoms with Crippen molar-refractivity contribution in [2.24, 2.45) is 15.9 Å². The number of allylic oxidation sites excluding steroid dienone is 1. The van der Waals surface area contributed by atoms with Gasteiger partial charge in [0.15, 0.2) is 0 Å². The van der Waals surface area contributed by atoms with E-state index in [4.69, 9.17) is 14.4 Å². The number of para-hydroxylation sites is 2. The number of nitrogens with zero attached hydrogens (tertiary/aromatic N) is 3. The number of aromatic nitrogens is 1. The van der Waals surface area contributed by atoms with E-state index in [2.05, 4.69) is 218 Å². The van der Waals surface area contributed by atoms with E-state index in [0.717, 1.165) is 85.5 Å². The Labute approximate surface area is 414 Å². The highest BCUT2D eigenvalue weighted by atomic mass is 32.1. The predicted molar refractivity (Wildman–Crippen MR) is 301 cm³/mol. The molecule has 0 amide bonds. The molecule has 3 aromatic heterocycles. The summed E-state index contributed by atoms with van der Waals surface area (Å²) in [6.07, 6.45) is 5.02. The summed E-state index contributed by atoms with van der Waals surface area (Å²) in [6.45, 7) is 2.34. The Bertz CT molecular complexity index is 4430. The van der Waals surface area contributed by atoms with Crippen LogP contribution in [0.25, 0.3) is 102 Å². The molecule has 13 aromatic rings. The third-order valence-electron chi connectivity index (χ3n) is 15.5. The summed E-state index contributed by atoms with van der Waals surface area (Å²) in [5.41, 5.74) is 14.7. The smallest absolute Gasteiger partial charge is 0.235 e. The molecule has 15 rings (SSSR count). The SMILES string of the molecule is CC1C/C=C(c2ccc3sc4ccccc4c3c2)/N=C(n2c3ccccc3c3ccccc32)\N=C/1c1cc(C2CCc3cc4ccccc4cc3-c3ccccc32)cc2oc3c4ccccc4ccc3c12. The van der Waals surface area contributed by atoms with E-state index < -0.39 is 0 Å². The Kier molecular flexibility index (Phi) is 9.03. The molecule has 0 fully saturated rings. The maximum atomic E-state index is 7.20. The molecule has 0 radical (unpaired) electrons. The zero-order chi connectivity index (χ0) is 46.7. The second-order valence-corrected chi connectivity index (χ2v) is 20.6. The molecule has 71 heavy (non-hydrogen) atoms. The van der Waals surface area contributed by atoms with Gasteiger partial charge in [0, 0.05) is 70.1 Å². The zero-order valence-electron chi connectivity index (χ0n) is 39.1. The third kappa shape index (κ3) is 6.36. The molecule has 4 nitrogen and oxygen atoms in total. The highest BCUT2D eigenvalue weighted by Crippen LogP contribution is 2.46. The molecule has 10 aromatic carbocycles. The van der Waals surface area contributed by atoms with Gasteiger partial charge in [0.1, 0.15) is 11.2 Å². The average molecular weight is 928 g/mol. The van der Waals surface area contributed by atoms with E-state index in [1.54, 1.807) is 0 Å². The molecular weight excluding hydrogens is 883 g/mol. The van der Waals surface area contributed by atoms with Gasteiger partial charge in [-0.25, -0.2) is 9.98 Å². The second-order valence-electron chi connectivity index (χ2n) is 19.6. The lowest BCUT2D eigenvalue weighted by atomic mass is 9.82. The first kappa shape index (κ1) is 40.5.